The molecule has 3 aromatic carbocycles. The summed E-state index contributed by atoms with van der Waals surface area (Å²) in [7, 11) is 1.47. The fourth-order valence-electron chi connectivity index (χ4n) is 7.40. The van der Waals surface area contributed by atoms with Crippen LogP contribution < -0.4 is 10.6 Å². The van der Waals surface area contributed by atoms with Crippen molar-refractivity contribution in [2.75, 3.05) is 33.5 Å². The SMILES string of the molecule is C=CCC[C@H](NC(=O)OCC1c2ccccc2-c2ccccc21)C(=O)O[C@@H](c1ccccc1)[C@H](COC)NC(=O)[C@@H](CC=C)CC(=O)N1CCC[C@H]1CO. The van der Waals surface area contributed by atoms with Crippen LogP contribution in [0.1, 0.15) is 67.2 Å². The highest BCUT2D eigenvalue weighted by atomic mass is 16.6. The molecule has 0 saturated carbocycles. The minimum absolute atomic E-state index is 0.0246. The average molecular weight is 738 g/mol. The number of carbonyl (C=O) groups excluding carboxylic acids is 4. The molecule has 1 aliphatic heterocycles. The predicted octanol–water partition coefficient (Wildman–Crippen LogP) is 5.84. The molecule has 3 aromatic rings. The Morgan fingerprint density at radius 3 is 2.22 bits per heavy atom. The topological polar surface area (TPSA) is 144 Å². The van der Waals surface area contributed by atoms with E-state index in [2.05, 4.69) is 35.9 Å². The van der Waals surface area contributed by atoms with Gasteiger partial charge in [-0.15, -0.1) is 13.2 Å². The number of hydrogen-bond donors (Lipinski definition) is 3. The number of rotatable bonds is 19. The van der Waals surface area contributed by atoms with Gasteiger partial charge < -0.3 is 34.9 Å². The molecular weight excluding hydrogens is 686 g/mol. The van der Waals surface area contributed by atoms with Crippen LogP contribution in [0.25, 0.3) is 11.1 Å². The van der Waals surface area contributed by atoms with Gasteiger partial charge >= 0.3 is 12.1 Å². The monoisotopic (exact) mass is 737 g/mol. The van der Waals surface area contributed by atoms with Crippen molar-refractivity contribution >= 4 is 23.9 Å². The fraction of sp³-hybridized carbons (Fsp3) is 0.395. The Hall–Kier alpha value is -5.26. The van der Waals surface area contributed by atoms with Crippen molar-refractivity contribution in [1.29, 1.82) is 0 Å². The Morgan fingerprint density at radius 2 is 1.59 bits per heavy atom. The number of esters is 1. The number of fused-ring (bicyclic) bond motifs is 3. The van der Waals surface area contributed by atoms with Crippen molar-refractivity contribution in [3.8, 4) is 11.1 Å². The van der Waals surface area contributed by atoms with Crippen molar-refractivity contribution in [2.24, 2.45) is 5.92 Å². The standard InChI is InChI=1S/C43H51N3O8/c1-4-6-23-37(45-43(51)53-27-36-34-21-12-10-19-32(34)33-20-11-13-22-35(33)36)42(50)54-40(29-16-8-7-9-17-29)38(28-52-3)44-41(49)30(15-5-2)25-39(48)46-24-14-18-31(46)26-47/h4-5,7-13,16-17,19-22,30-31,36-38,40,47H,1-2,6,14-15,18,23-28H2,3H3,(H,44,49)(H,45,51)/t30-,31-,37-,38-,40-/m0/s1. The highest BCUT2D eigenvalue weighted by Gasteiger charge is 2.36. The molecule has 1 fully saturated rings. The Bertz CT molecular complexity index is 1720. The van der Waals surface area contributed by atoms with E-state index in [4.69, 9.17) is 14.2 Å². The van der Waals surface area contributed by atoms with Crippen molar-refractivity contribution in [2.45, 2.75) is 68.7 Å². The van der Waals surface area contributed by atoms with E-state index in [1.807, 2.05) is 42.5 Å². The van der Waals surface area contributed by atoms with Crippen LogP contribution in [-0.2, 0) is 28.6 Å². The molecule has 11 heteroatoms. The van der Waals surface area contributed by atoms with E-state index in [0.29, 0.717) is 24.9 Å². The lowest BCUT2D eigenvalue weighted by molar-refractivity contribution is -0.155. The van der Waals surface area contributed by atoms with E-state index in [1.165, 1.54) is 7.11 Å². The van der Waals surface area contributed by atoms with Gasteiger partial charge in [0.15, 0.2) is 0 Å². The van der Waals surface area contributed by atoms with E-state index in [9.17, 15) is 24.3 Å². The summed E-state index contributed by atoms with van der Waals surface area (Å²) in [5.74, 6) is -2.28. The average Bonchev–Trinajstić information content (AvgIpc) is 3.80. The van der Waals surface area contributed by atoms with Crippen LogP contribution in [0.4, 0.5) is 4.79 Å². The lowest BCUT2D eigenvalue weighted by atomic mass is 9.97. The second kappa shape index (κ2) is 19.7. The second-order valence-corrected chi connectivity index (χ2v) is 13.7. The number of ether oxygens (including phenoxy) is 3. The highest BCUT2D eigenvalue weighted by Crippen LogP contribution is 2.44. The van der Waals surface area contributed by atoms with Gasteiger partial charge in [0.2, 0.25) is 11.8 Å². The van der Waals surface area contributed by atoms with E-state index >= 15 is 0 Å². The molecule has 1 saturated heterocycles. The largest absolute Gasteiger partial charge is 0.454 e. The van der Waals surface area contributed by atoms with E-state index in [0.717, 1.165) is 28.7 Å². The third kappa shape index (κ3) is 9.83. The van der Waals surface area contributed by atoms with Crippen LogP contribution in [0.3, 0.4) is 0 Å². The first-order chi connectivity index (χ1) is 26.3. The number of aliphatic hydroxyl groups is 1. The number of alkyl carbamates (subject to hydrolysis) is 1. The second-order valence-electron chi connectivity index (χ2n) is 13.7. The summed E-state index contributed by atoms with van der Waals surface area (Å²) in [6, 6.07) is 22.8. The van der Waals surface area contributed by atoms with Gasteiger partial charge in [0.1, 0.15) is 18.8 Å². The Morgan fingerprint density at radius 1 is 0.926 bits per heavy atom. The van der Waals surface area contributed by atoms with Crippen molar-refractivity contribution in [3.05, 3.63) is 121 Å². The third-order valence-electron chi connectivity index (χ3n) is 10.1. The molecule has 0 radical (unpaired) electrons. The summed E-state index contributed by atoms with van der Waals surface area (Å²) in [6.45, 7) is 8.01. The Kier molecular flexibility index (Phi) is 14.6. The lowest BCUT2D eigenvalue weighted by Gasteiger charge is -2.31. The molecule has 0 spiro atoms. The number of aliphatic hydroxyl groups excluding tert-OH is 1. The van der Waals surface area contributed by atoms with Gasteiger partial charge in [-0.1, -0.05) is 91.0 Å². The molecule has 0 bridgehead atoms. The van der Waals surface area contributed by atoms with Crippen LogP contribution in [0.2, 0.25) is 0 Å². The number of amides is 3. The molecule has 0 aromatic heterocycles. The van der Waals surface area contributed by atoms with Gasteiger partial charge in [-0.25, -0.2) is 9.59 Å². The molecule has 11 nitrogen and oxygen atoms in total. The van der Waals surface area contributed by atoms with E-state index in [1.54, 1.807) is 41.3 Å². The molecule has 2 aliphatic rings. The van der Waals surface area contributed by atoms with Crippen molar-refractivity contribution < 1.29 is 38.5 Å². The van der Waals surface area contributed by atoms with Crippen LogP contribution >= 0.6 is 0 Å². The molecule has 1 aliphatic carbocycles. The van der Waals surface area contributed by atoms with Gasteiger partial charge in [0.05, 0.1) is 31.2 Å². The summed E-state index contributed by atoms with van der Waals surface area (Å²) in [5.41, 5.74) is 4.93. The summed E-state index contributed by atoms with van der Waals surface area (Å²) in [4.78, 5) is 56.0. The zero-order valence-corrected chi connectivity index (χ0v) is 30.9. The summed E-state index contributed by atoms with van der Waals surface area (Å²) in [5, 5.41) is 15.4. The molecular formula is C43H51N3O8. The maximum atomic E-state index is 14.0. The normalized spacial score (nSPS) is 16.9. The molecule has 286 valence electrons. The molecule has 5 atom stereocenters. The molecule has 3 amide bonds. The smallest absolute Gasteiger partial charge is 0.407 e. The first-order valence-electron chi connectivity index (χ1n) is 18.6. The minimum atomic E-state index is -1.09. The summed E-state index contributed by atoms with van der Waals surface area (Å²) < 4.78 is 17.4. The Balaban J connectivity index is 1.30. The van der Waals surface area contributed by atoms with E-state index in [-0.39, 0.29) is 57.0 Å². The number of carbonyl (C=O) groups is 4. The van der Waals surface area contributed by atoms with Gasteiger partial charge in [-0.2, -0.15) is 0 Å². The van der Waals surface area contributed by atoms with Gasteiger partial charge in [0, 0.05) is 26.0 Å². The molecule has 5 rings (SSSR count). The first-order valence-corrected chi connectivity index (χ1v) is 18.6. The van der Waals surface area contributed by atoms with Gasteiger partial charge in [-0.05, 0) is 59.9 Å². The van der Waals surface area contributed by atoms with E-state index < -0.39 is 42.1 Å². The zero-order valence-electron chi connectivity index (χ0n) is 30.9. The maximum Gasteiger partial charge on any atom is 0.407 e. The van der Waals surface area contributed by atoms with Gasteiger partial charge in [0.25, 0.3) is 0 Å². The van der Waals surface area contributed by atoms with Crippen molar-refractivity contribution in [1.82, 2.24) is 15.5 Å². The summed E-state index contributed by atoms with van der Waals surface area (Å²) in [6.07, 6.45) is 3.72. The molecule has 3 N–H and O–H groups in total. The first kappa shape index (κ1) is 39.9. The predicted molar refractivity (Wildman–Crippen MR) is 205 cm³/mol. The van der Waals surface area contributed by atoms with Crippen LogP contribution in [0.5, 0.6) is 0 Å². The third-order valence-corrected chi connectivity index (χ3v) is 10.1. The number of likely N-dealkylation sites (tertiary alicyclic amines) is 1. The highest BCUT2D eigenvalue weighted by molar-refractivity contribution is 5.87. The number of hydrogen-bond acceptors (Lipinski definition) is 8. The number of benzene rings is 3. The zero-order chi connectivity index (χ0) is 38.5. The number of nitrogens with one attached hydrogen (secondary N) is 2. The molecule has 0 unspecified atom stereocenters. The number of methoxy groups -OCH3 is 1. The summed E-state index contributed by atoms with van der Waals surface area (Å²) >= 11 is 0. The number of nitrogens with zero attached hydrogens (tertiary/aromatic N) is 1. The maximum absolute atomic E-state index is 14.0. The Labute approximate surface area is 317 Å². The van der Waals surface area contributed by atoms with Gasteiger partial charge in [-0.3, -0.25) is 9.59 Å². The fourth-order valence-corrected chi connectivity index (χ4v) is 7.40. The van der Waals surface area contributed by atoms with Crippen molar-refractivity contribution in [3.63, 3.8) is 0 Å². The van der Waals surface area contributed by atoms with Crippen LogP contribution in [0.15, 0.2) is 104 Å². The van der Waals surface area contributed by atoms with Crippen LogP contribution in [-0.4, -0.2) is 85.5 Å². The molecule has 1 heterocycles. The number of allylic oxidation sites excluding steroid dienone is 2. The lowest BCUT2D eigenvalue weighted by Crippen LogP contribution is -2.49. The quantitative estimate of drug-likeness (QED) is 0.103. The molecule has 54 heavy (non-hydrogen) atoms. The van der Waals surface area contributed by atoms with Crippen LogP contribution in [0, 0.1) is 5.92 Å². The minimum Gasteiger partial charge on any atom is -0.454 e.